The van der Waals surface area contributed by atoms with Gasteiger partial charge in [0, 0.05) is 44.0 Å². The zero-order chi connectivity index (χ0) is 22.6. The number of nitrogens with zero attached hydrogens (tertiary/aromatic N) is 2. The Kier molecular flexibility index (Phi) is 6.58. The molecule has 0 aliphatic carbocycles. The Morgan fingerprint density at radius 1 is 0.844 bits per heavy atom. The number of hydrogen-bond donors (Lipinski definition) is 1. The zero-order valence-corrected chi connectivity index (χ0v) is 18.9. The van der Waals surface area contributed by atoms with Gasteiger partial charge in [-0.25, -0.2) is 8.42 Å². The largest absolute Gasteiger partial charge is 0.336 e. The minimum atomic E-state index is -3.71. The lowest BCUT2D eigenvalue weighted by molar-refractivity contribution is 0.0628. The van der Waals surface area contributed by atoms with E-state index in [0.29, 0.717) is 24.3 Å². The number of benzene rings is 3. The molecule has 7 heteroatoms. The molecule has 3 aromatic rings. The van der Waals surface area contributed by atoms with Crippen LogP contribution in [0.2, 0.25) is 0 Å². The smallest absolute Gasteiger partial charge is 0.261 e. The second-order valence-electron chi connectivity index (χ2n) is 8.05. The molecule has 166 valence electrons. The van der Waals surface area contributed by atoms with Gasteiger partial charge < -0.3 is 4.90 Å². The maximum Gasteiger partial charge on any atom is 0.261 e. The molecule has 32 heavy (non-hydrogen) atoms. The van der Waals surface area contributed by atoms with Crippen LogP contribution in [0.3, 0.4) is 0 Å². The Labute approximate surface area is 189 Å². The summed E-state index contributed by atoms with van der Waals surface area (Å²) in [6.45, 7) is 5.75. The van der Waals surface area contributed by atoms with Gasteiger partial charge in [-0.3, -0.25) is 14.4 Å². The second-order valence-corrected chi connectivity index (χ2v) is 9.73. The number of sulfonamides is 1. The summed E-state index contributed by atoms with van der Waals surface area (Å²) in [4.78, 5) is 17.2. The minimum absolute atomic E-state index is 0.0696. The fraction of sp³-hybridized carbons (Fsp3) is 0.240. The molecule has 0 aromatic heterocycles. The standard InChI is InChI=1S/C25H27N3O3S/c1-20-7-11-23(12-8-20)26-32(30,31)24-13-9-22(10-14-24)25(29)28-17-15-27(16-18-28)19-21-5-3-2-4-6-21/h2-14,26H,15-19H2,1H3. The van der Waals surface area contributed by atoms with E-state index in [2.05, 4.69) is 21.8 Å². The lowest BCUT2D eigenvalue weighted by atomic mass is 10.1. The van der Waals surface area contributed by atoms with E-state index >= 15 is 0 Å². The van der Waals surface area contributed by atoms with Crippen molar-refractivity contribution in [2.75, 3.05) is 30.9 Å². The maximum atomic E-state index is 12.9. The van der Waals surface area contributed by atoms with Crippen LogP contribution in [0.25, 0.3) is 0 Å². The molecule has 1 aliphatic rings. The van der Waals surface area contributed by atoms with Gasteiger partial charge in [0.05, 0.1) is 4.90 Å². The van der Waals surface area contributed by atoms with Gasteiger partial charge in [-0.15, -0.1) is 0 Å². The summed E-state index contributed by atoms with van der Waals surface area (Å²) < 4.78 is 27.9. The number of rotatable bonds is 6. The van der Waals surface area contributed by atoms with Gasteiger partial charge in [0.25, 0.3) is 15.9 Å². The van der Waals surface area contributed by atoms with Crippen molar-refractivity contribution >= 4 is 21.6 Å². The van der Waals surface area contributed by atoms with E-state index < -0.39 is 10.0 Å². The van der Waals surface area contributed by atoms with Crippen molar-refractivity contribution in [2.24, 2.45) is 0 Å². The van der Waals surface area contributed by atoms with Gasteiger partial charge in [-0.2, -0.15) is 0 Å². The molecule has 6 nitrogen and oxygen atoms in total. The molecule has 4 rings (SSSR count). The Bertz CT molecular complexity index is 1150. The first-order chi connectivity index (χ1) is 15.4. The highest BCUT2D eigenvalue weighted by Gasteiger charge is 2.23. The molecule has 3 aromatic carbocycles. The molecule has 0 bridgehead atoms. The maximum absolute atomic E-state index is 12.9. The summed E-state index contributed by atoms with van der Waals surface area (Å²) in [5.41, 5.74) is 3.32. The third kappa shape index (κ3) is 5.36. The molecule has 1 heterocycles. The van der Waals surface area contributed by atoms with E-state index in [1.807, 2.05) is 42.2 Å². The summed E-state index contributed by atoms with van der Waals surface area (Å²) in [5, 5.41) is 0. The Balaban J connectivity index is 1.35. The van der Waals surface area contributed by atoms with Crippen LogP contribution in [0.5, 0.6) is 0 Å². The Hall–Kier alpha value is -3.16. The molecule has 1 saturated heterocycles. The van der Waals surface area contributed by atoms with Gasteiger partial charge >= 0.3 is 0 Å². The van der Waals surface area contributed by atoms with Crippen molar-refractivity contribution in [1.29, 1.82) is 0 Å². The van der Waals surface area contributed by atoms with Gasteiger partial charge in [-0.05, 0) is 48.9 Å². The van der Waals surface area contributed by atoms with Crippen molar-refractivity contribution in [1.82, 2.24) is 9.80 Å². The fourth-order valence-corrected chi connectivity index (χ4v) is 4.80. The lowest BCUT2D eigenvalue weighted by Gasteiger charge is -2.34. The van der Waals surface area contributed by atoms with E-state index in [4.69, 9.17) is 0 Å². The predicted molar refractivity (Wildman–Crippen MR) is 126 cm³/mol. The first-order valence-electron chi connectivity index (χ1n) is 10.7. The summed E-state index contributed by atoms with van der Waals surface area (Å²) in [6.07, 6.45) is 0. The molecule has 0 radical (unpaired) electrons. The molecule has 1 fully saturated rings. The predicted octanol–water partition coefficient (Wildman–Crippen LogP) is 3.75. The number of anilines is 1. The molecule has 0 atom stereocenters. The average Bonchev–Trinajstić information content (AvgIpc) is 2.81. The molecule has 1 N–H and O–H groups in total. The third-order valence-electron chi connectivity index (χ3n) is 5.62. The highest BCUT2D eigenvalue weighted by atomic mass is 32.2. The number of hydrogen-bond acceptors (Lipinski definition) is 4. The third-order valence-corrected chi connectivity index (χ3v) is 7.02. The number of nitrogens with one attached hydrogen (secondary N) is 1. The van der Waals surface area contributed by atoms with Crippen LogP contribution in [-0.4, -0.2) is 50.3 Å². The first kappa shape index (κ1) is 22.0. The van der Waals surface area contributed by atoms with Gasteiger partial charge in [-0.1, -0.05) is 48.0 Å². The van der Waals surface area contributed by atoms with E-state index in [1.165, 1.54) is 17.7 Å². The van der Waals surface area contributed by atoms with E-state index in [1.54, 1.807) is 24.3 Å². The number of amides is 1. The lowest BCUT2D eigenvalue weighted by Crippen LogP contribution is -2.48. The monoisotopic (exact) mass is 449 g/mol. The first-order valence-corrected chi connectivity index (χ1v) is 12.1. The summed E-state index contributed by atoms with van der Waals surface area (Å²) in [7, 11) is -3.71. The highest BCUT2D eigenvalue weighted by molar-refractivity contribution is 7.92. The average molecular weight is 450 g/mol. The van der Waals surface area contributed by atoms with E-state index in [0.717, 1.165) is 25.2 Å². The molecular weight excluding hydrogens is 422 g/mol. The van der Waals surface area contributed by atoms with Crippen molar-refractivity contribution < 1.29 is 13.2 Å². The minimum Gasteiger partial charge on any atom is -0.336 e. The molecule has 0 spiro atoms. The van der Waals surface area contributed by atoms with E-state index in [-0.39, 0.29) is 10.8 Å². The highest BCUT2D eigenvalue weighted by Crippen LogP contribution is 2.18. The van der Waals surface area contributed by atoms with Crippen molar-refractivity contribution in [3.05, 3.63) is 95.6 Å². The normalized spacial score (nSPS) is 14.8. The van der Waals surface area contributed by atoms with Gasteiger partial charge in [0.1, 0.15) is 0 Å². The van der Waals surface area contributed by atoms with Crippen molar-refractivity contribution in [3.63, 3.8) is 0 Å². The number of piperazine rings is 1. The number of aryl methyl sites for hydroxylation is 1. The molecule has 0 unspecified atom stereocenters. The zero-order valence-electron chi connectivity index (χ0n) is 18.1. The topological polar surface area (TPSA) is 69.7 Å². The van der Waals surface area contributed by atoms with Crippen LogP contribution < -0.4 is 4.72 Å². The van der Waals surface area contributed by atoms with E-state index in [9.17, 15) is 13.2 Å². The Morgan fingerprint density at radius 2 is 1.47 bits per heavy atom. The number of carbonyl (C=O) groups is 1. The number of carbonyl (C=O) groups excluding carboxylic acids is 1. The summed E-state index contributed by atoms with van der Waals surface area (Å²) in [5.74, 6) is -0.0696. The molecule has 0 saturated carbocycles. The molecule has 1 amide bonds. The fourth-order valence-electron chi connectivity index (χ4n) is 3.75. The quantitative estimate of drug-likeness (QED) is 0.622. The van der Waals surface area contributed by atoms with Crippen LogP contribution in [0, 0.1) is 6.92 Å². The van der Waals surface area contributed by atoms with Crippen LogP contribution >= 0.6 is 0 Å². The second kappa shape index (κ2) is 9.54. The van der Waals surface area contributed by atoms with Crippen molar-refractivity contribution in [2.45, 2.75) is 18.4 Å². The van der Waals surface area contributed by atoms with Gasteiger partial charge in [0.2, 0.25) is 0 Å². The van der Waals surface area contributed by atoms with Gasteiger partial charge in [0.15, 0.2) is 0 Å². The summed E-state index contributed by atoms with van der Waals surface area (Å²) in [6, 6.07) is 23.6. The summed E-state index contributed by atoms with van der Waals surface area (Å²) >= 11 is 0. The Morgan fingerprint density at radius 3 is 2.09 bits per heavy atom. The van der Waals surface area contributed by atoms with Crippen LogP contribution in [-0.2, 0) is 16.6 Å². The molecule has 1 aliphatic heterocycles. The SMILES string of the molecule is Cc1ccc(NS(=O)(=O)c2ccc(C(=O)N3CCN(Cc4ccccc4)CC3)cc2)cc1. The van der Waals surface area contributed by atoms with Crippen molar-refractivity contribution in [3.8, 4) is 0 Å². The van der Waals surface area contributed by atoms with Crippen LogP contribution in [0.1, 0.15) is 21.5 Å². The van der Waals surface area contributed by atoms with Crippen LogP contribution in [0.15, 0.2) is 83.8 Å². The van der Waals surface area contributed by atoms with Crippen LogP contribution in [0.4, 0.5) is 5.69 Å². The molecular formula is C25H27N3O3S.